The molecule has 24 heavy (non-hydrogen) atoms. The highest BCUT2D eigenvalue weighted by Crippen LogP contribution is 2.24. The number of benzene rings is 1. The van der Waals surface area contributed by atoms with Crippen LogP contribution in [0.5, 0.6) is 0 Å². The summed E-state index contributed by atoms with van der Waals surface area (Å²) in [7, 11) is 0. The molecule has 130 valence electrons. The minimum absolute atomic E-state index is 0.0232. The Morgan fingerprint density at radius 2 is 1.88 bits per heavy atom. The van der Waals surface area contributed by atoms with Gasteiger partial charge in [0, 0.05) is 23.0 Å². The normalized spacial score (nSPS) is 11.5. The van der Waals surface area contributed by atoms with E-state index in [4.69, 9.17) is 5.73 Å². The molecule has 5 heteroatoms. The first kappa shape index (κ1) is 18.6. The van der Waals surface area contributed by atoms with Crippen LogP contribution in [0.25, 0.3) is 10.6 Å². The molecule has 0 saturated carbocycles. The molecular weight excluding hydrogens is 318 g/mol. The number of rotatable bonds is 8. The van der Waals surface area contributed by atoms with Crippen molar-refractivity contribution in [1.82, 2.24) is 10.3 Å². The number of nitrogens with two attached hydrogens (primary N) is 1. The first-order valence-corrected chi connectivity index (χ1v) is 9.47. The number of carbonyl (C=O) groups is 1. The van der Waals surface area contributed by atoms with Gasteiger partial charge in [0.05, 0.1) is 12.1 Å². The molecule has 1 aromatic carbocycles. The van der Waals surface area contributed by atoms with E-state index in [0.717, 1.165) is 35.5 Å². The van der Waals surface area contributed by atoms with E-state index in [1.54, 1.807) is 11.3 Å². The zero-order valence-electron chi connectivity index (χ0n) is 14.8. The maximum absolute atomic E-state index is 12.1. The summed E-state index contributed by atoms with van der Waals surface area (Å²) in [5, 5.41) is 5.85. The minimum Gasteiger partial charge on any atom is -0.354 e. The number of amides is 1. The van der Waals surface area contributed by atoms with Crippen molar-refractivity contribution in [3.8, 4) is 10.6 Å². The zero-order valence-corrected chi connectivity index (χ0v) is 15.6. The van der Waals surface area contributed by atoms with Crippen molar-refractivity contribution in [2.45, 2.75) is 52.0 Å². The highest BCUT2D eigenvalue weighted by molar-refractivity contribution is 7.13. The first-order chi connectivity index (χ1) is 11.5. The molecule has 4 nitrogen and oxygen atoms in total. The van der Waals surface area contributed by atoms with Crippen LogP contribution in [0.3, 0.4) is 0 Å². The molecule has 2 aromatic rings. The van der Waals surface area contributed by atoms with Crippen molar-refractivity contribution in [2.75, 3.05) is 6.54 Å². The molecule has 3 N–H and O–H groups in total. The fraction of sp³-hybridized carbons (Fsp3) is 0.474. The first-order valence-electron chi connectivity index (χ1n) is 8.59. The third kappa shape index (κ3) is 4.89. The number of aromatic nitrogens is 1. The lowest BCUT2D eigenvalue weighted by Gasteiger charge is -2.26. The van der Waals surface area contributed by atoms with Crippen LogP contribution < -0.4 is 11.1 Å². The number of thiazole rings is 1. The molecule has 0 bridgehead atoms. The smallest absolute Gasteiger partial charge is 0.226 e. The van der Waals surface area contributed by atoms with Crippen molar-refractivity contribution >= 4 is 17.2 Å². The average Bonchev–Trinajstić information content (AvgIpc) is 3.08. The Morgan fingerprint density at radius 1 is 1.21 bits per heavy atom. The molecule has 0 atom stereocenters. The van der Waals surface area contributed by atoms with Gasteiger partial charge in [-0.2, -0.15) is 0 Å². The Hall–Kier alpha value is -1.72. The predicted molar refractivity (Wildman–Crippen MR) is 101 cm³/mol. The van der Waals surface area contributed by atoms with Crippen LogP contribution in [-0.2, 0) is 17.6 Å². The van der Waals surface area contributed by atoms with Crippen LogP contribution in [0, 0.1) is 0 Å². The number of hydrogen-bond donors (Lipinski definition) is 2. The van der Waals surface area contributed by atoms with Crippen LogP contribution in [0.4, 0.5) is 0 Å². The van der Waals surface area contributed by atoms with Crippen LogP contribution >= 0.6 is 11.3 Å². The lowest BCUT2D eigenvalue weighted by molar-refractivity contribution is -0.120. The Kier molecular flexibility index (Phi) is 6.52. The average molecular weight is 346 g/mol. The number of carbonyl (C=O) groups excluding carboxylic acids is 1. The van der Waals surface area contributed by atoms with Gasteiger partial charge in [0.2, 0.25) is 5.91 Å². The van der Waals surface area contributed by atoms with Gasteiger partial charge in [-0.15, -0.1) is 11.3 Å². The molecule has 0 unspecified atom stereocenters. The Bertz CT molecular complexity index is 660. The van der Waals surface area contributed by atoms with Gasteiger partial charge >= 0.3 is 0 Å². The zero-order chi connectivity index (χ0) is 17.6. The second kappa shape index (κ2) is 8.40. The summed E-state index contributed by atoms with van der Waals surface area (Å²) in [6, 6.07) is 8.43. The molecule has 1 aromatic heterocycles. The van der Waals surface area contributed by atoms with E-state index >= 15 is 0 Å². The predicted octanol–water partition coefficient (Wildman–Crippen LogP) is 3.55. The molecule has 0 spiro atoms. The van der Waals surface area contributed by atoms with Crippen molar-refractivity contribution in [2.24, 2.45) is 5.73 Å². The molecule has 1 heterocycles. The van der Waals surface area contributed by atoms with Gasteiger partial charge in [-0.3, -0.25) is 4.79 Å². The second-order valence-electron chi connectivity index (χ2n) is 6.22. The molecule has 0 aliphatic rings. The Balaban J connectivity index is 1.94. The van der Waals surface area contributed by atoms with Gasteiger partial charge in [-0.05, 0) is 24.8 Å². The SMILES string of the molecule is CCc1ccc(-c2nc(CC(=O)NCC(N)(CC)CC)cs2)cc1. The Labute approximate surface area is 148 Å². The largest absolute Gasteiger partial charge is 0.354 e. The number of nitrogens with zero attached hydrogens (tertiary/aromatic N) is 1. The fourth-order valence-corrected chi connectivity index (χ4v) is 3.23. The van der Waals surface area contributed by atoms with Crippen LogP contribution in [0.2, 0.25) is 0 Å². The number of hydrogen-bond acceptors (Lipinski definition) is 4. The van der Waals surface area contributed by atoms with E-state index in [0.29, 0.717) is 13.0 Å². The summed E-state index contributed by atoms with van der Waals surface area (Å²) in [4.78, 5) is 16.7. The van der Waals surface area contributed by atoms with Gasteiger partial charge in [-0.1, -0.05) is 45.0 Å². The fourth-order valence-electron chi connectivity index (χ4n) is 2.41. The van der Waals surface area contributed by atoms with Crippen LogP contribution in [-0.4, -0.2) is 23.0 Å². The minimum atomic E-state index is -0.316. The van der Waals surface area contributed by atoms with Gasteiger partial charge in [-0.25, -0.2) is 4.98 Å². The molecule has 0 aliphatic carbocycles. The lowest BCUT2D eigenvalue weighted by atomic mass is 9.94. The van der Waals surface area contributed by atoms with Crippen molar-refractivity contribution < 1.29 is 4.79 Å². The van der Waals surface area contributed by atoms with E-state index in [9.17, 15) is 4.79 Å². The van der Waals surface area contributed by atoms with E-state index in [-0.39, 0.29) is 11.4 Å². The van der Waals surface area contributed by atoms with E-state index in [1.807, 2.05) is 19.2 Å². The monoisotopic (exact) mass is 345 g/mol. The summed E-state index contributed by atoms with van der Waals surface area (Å²) in [6.45, 7) is 6.74. The topological polar surface area (TPSA) is 68.0 Å². The van der Waals surface area contributed by atoms with Gasteiger partial charge in [0.15, 0.2) is 0 Å². The van der Waals surface area contributed by atoms with Crippen molar-refractivity contribution in [3.05, 3.63) is 40.9 Å². The molecule has 2 rings (SSSR count). The molecule has 0 radical (unpaired) electrons. The van der Waals surface area contributed by atoms with Gasteiger partial charge in [0.25, 0.3) is 0 Å². The third-order valence-corrected chi connectivity index (χ3v) is 5.49. The quantitative estimate of drug-likeness (QED) is 0.769. The summed E-state index contributed by atoms with van der Waals surface area (Å²) >= 11 is 1.57. The number of nitrogens with one attached hydrogen (secondary N) is 1. The molecule has 0 fully saturated rings. The standard InChI is InChI=1S/C19H27N3OS/c1-4-14-7-9-15(10-8-14)18-22-16(12-24-18)11-17(23)21-13-19(20,5-2)6-3/h7-10,12H,4-6,11,13,20H2,1-3H3,(H,21,23). The second-order valence-corrected chi connectivity index (χ2v) is 7.08. The lowest BCUT2D eigenvalue weighted by Crippen LogP contribution is -2.49. The third-order valence-electron chi connectivity index (χ3n) is 4.55. The summed E-state index contributed by atoms with van der Waals surface area (Å²) < 4.78 is 0. The highest BCUT2D eigenvalue weighted by atomic mass is 32.1. The molecule has 1 amide bonds. The van der Waals surface area contributed by atoms with Crippen LogP contribution in [0.15, 0.2) is 29.6 Å². The molecule has 0 saturated heterocycles. The molecule has 0 aliphatic heterocycles. The van der Waals surface area contributed by atoms with E-state index in [2.05, 4.69) is 41.5 Å². The maximum atomic E-state index is 12.1. The van der Waals surface area contributed by atoms with Crippen molar-refractivity contribution in [1.29, 1.82) is 0 Å². The van der Waals surface area contributed by atoms with Gasteiger partial charge in [0.1, 0.15) is 5.01 Å². The van der Waals surface area contributed by atoms with Gasteiger partial charge < -0.3 is 11.1 Å². The van der Waals surface area contributed by atoms with E-state index in [1.165, 1.54) is 5.56 Å². The van der Waals surface area contributed by atoms with Crippen molar-refractivity contribution in [3.63, 3.8) is 0 Å². The summed E-state index contributed by atoms with van der Waals surface area (Å²) in [6.07, 6.45) is 3.02. The summed E-state index contributed by atoms with van der Waals surface area (Å²) in [5.74, 6) is -0.0232. The highest BCUT2D eigenvalue weighted by Gasteiger charge is 2.21. The molecular formula is C19H27N3OS. The summed E-state index contributed by atoms with van der Waals surface area (Å²) in [5.41, 5.74) is 9.12. The van der Waals surface area contributed by atoms with E-state index < -0.39 is 0 Å². The van der Waals surface area contributed by atoms with Crippen LogP contribution in [0.1, 0.15) is 44.9 Å². The number of aryl methyl sites for hydroxylation is 1. The maximum Gasteiger partial charge on any atom is 0.226 e. The Morgan fingerprint density at radius 3 is 2.46 bits per heavy atom.